The zero-order valence-electron chi connectivity index (χ0n) is 16.7. The Morgan fingerprint density at radius 3 is 2.80 bits per heavy atom. The van der Waals surface area contributed by atoms with Crippen molar-refractivity contribution in [2.24, 2.45) is 0 Å². The van der Waals surface area contributed by atoms with Crippen molar-refractivity contribution >= 4 is 29.3 Å². The van der Waals surface area contributed by atoms with Crippen molar-refractivity contribution in [2.45, 2.75) is 18.8 Å². The van der Waals surface area contributed by atoms with Crippen LogP contribution in [0.5, 0.6) is 0 Å². The summed E-state index contributed by atoms with van der Waals surface area (Å²) in [4.78, 5) is 49.3. The second kappa shape index (κ2) is 4.16. The summed E-state index contributed by atoms with van der Waals surface area (Å²) in [6.45, 7) is 0. The van der Waals surface area contributed by atoms with Crippen LogP contribution in [-0.4, -0.2) is 34.6 Å². The monoisotopic (exact) mass is 280 g/mol. The highest BCUT2D eigenvalue weighted by Crippen LogP contribution is 2.30. The van der Waals surface area contributed by atoms with Gasteiger partial charge in [0, 0.05) is 17.5 Å². The molecule has 7 heteroatoms. The van der Waals surface area contributed by atoms with Crippen LogP contribution in [0.2, 0.25) is 0 Å². The van der Waals surface area contributed by atoms with Crippen LogP contribution < -0.4 is 11.1 Å². The Morgan fingerprint density at radius 2 is 2.05 bits per heavy atom. The lowest BCUT2D eigenvalue weighted by molar-refractivity contribution is -0.136. The van der Waals surface area contributed by atoms with E-state index in [9.17, 15) is 19.2 Å². The molecule has 1 fully saturated rings. The van der Waals surface area contributed by atoms with E-state index in [1.165, 1.54) is 0 Å². The molecule has 2 heterocycles. The Bertz CT molecular complexity index is 915. The first-order valence-corrected chi connectivity index (χ1v) is 5.39. The molecule has 3 N–H and O–H groups in total. The third-order valence-electron chi connectivity index (χ3n) is 2.84. The third kappa shape index (κ3) is 1.59. The number of piperidine rings is 1. The molecule has 0 saturated carbocycles. The van der Waals surface area contributed by atoms with E-state index in [0.29, 0.717) is 0 Å². The van der Waals surface area contributed by atoms with Gasteiger partial charge in [0.25, 0.3) is 11.8 Å². The van der Waals surface area contributed by atoms with E-state index in [1.54, 1.807) is 5.32 Å². The molecule has 20 heavy (non-hydrogen) atoms. The molecule has 0 radical (unpaired) electrons. The number of nitrogens with zero attached hydrogens (tertiary/aromatic N) is 1. The third-order valence-corrected chi connectivity index (χ3v) is 2.84. The number of nitrogens with one attached hydrogen (secondary N) is 1. The summed E-state index contributed by atoms with van der Waals surface area (Å²) < 4.78 is 54.1. The van der Waals surface area contributed by atoms with Crippen molar-refractivity contribution in [1.82, 2.24) is 10.2 Å². The molecule has 102 valence electrons. The first-order chi connectivity index (χ1) is 12.3. The number of carbonyl (C=O) groups excluding carboxylic acids is 4. The predicted octanol–water partition coefficient (Wildman–Crippen LogP) is -0.330. The summed E-state index contributed by atoms with van der Waals surface area (Å²) in [5.41, 5.74) is 3.70. The first-order valence-electron chi connectivity index (χ1n) is 8.89. The van der Waals surface area contributed by atoms with Gasteiger partial charge in [-0.1, -0.05) is 6.04 Å². The summed E-state index contributed by atoms with van der Waals surface area (Å²) in [6.07, 6.45) is -6.54. The van der Waals surface area contributed by atoms with Crippen LogP contribution in [0.3, 0.4) is 0 Å². The van der Waals surface area contributed by atoms with Crippen molar-refractivity contribution in [3.63, 3.8) is 0 Å². The summed E-state index contributed by atoms with van der Waals surface area (Å²) in [7, 11) is 0. The van der Waals surface area contributed by atoms with Crippen LogP contribution in [0.25, 0.3) is 0 Å². The number of benzene rings is 1. The van der Waals surface area contributed by atoms with Crippen LogP contribution in [0, 0.1) is 0 Å². The molecular formula is C13H11N3O4. The maximum atomic E-state index is 12.7. The topological polar surface area (TPSA) is 110 Å². The number of imide groups is 2. The molecule has 0 bridgehead atoms. The Morgan fingerprint density at radius 1 is 1.30 bits per heavy atom. The normalized spacial score (nSPS) is 32.1. The largest absolute Gasteiger partial charge is 0.398 e. The minimum Gasteiger partial charge on any atom is -0.398 e. The van der Waals surface area contributed by atoms with Crippen molar-refractivity contribution < 1.29 is 28.8 Å². The van der Waals surface area contributed by atoms with E-state index in [1.807, 2.05) is 0 Å². The lowest BCUT2D eigenvalue weighted by Gasteiger charge is -2.27. The van der Waals surface area contributed by atoms with Crippen LogP contribution >= 0.6 is 0 Å². The number of carbonyl (C=O) groups is 4. The Labute approximate surface area is 123 Å². The predicted molar refractivity (Wildman–Crippen MR) is 67.5 cm³/mol. The minimum atomic E-state index is -3.29. The van der Waals surface area contributed by atoms with Gasteiger partial charge in [-0.3, -0.25) is 29.4 Å². The molecule has 0 spiro atoms. The van der Waals surface area contributed by atoms with Gasteiger partial charge in [-0.05, 0) is 18.5 Å². The fourth-order valence-electron chi connectivity index (χ4n) is 1.96. The fourth-order valence-corrected chi connectivity index (χ4v) is 1.96. The molecule has 0 aliphatic carbocycles. The molecule has 7 nitrogen and oxygen atoms in total. The lowest BCUT2D eigenvalue weighted by atomic mass is 10.0. The molecule has 0 unspecified atom stereocenters. The average Bonchev–Trinajstić information content (AvgIpc) is 2.81. The number of anilines is 1. The van der Waals surface area contributed by atoms with Crippen LogP contribution in [0.1, 0.15) is 43.1 Å². The number of hydrogen-bond donors (Lipinski definition) is 2. The Hall–Kier alpha value is -2.70. The van der Waals surface area contributed by atoms with Gasteiger partial charge in [-0.2, -0.15) is 0 Å². The molecule has 0 aromatic heterocycles. The molecule has 2 aliphatic rings. The van der Waals surface area contributed by atoms with Crippen molar-refractivity contribution in [3.8, 4) is 0 Å². The number of amides is 4. The van der Waals surface area contributed by atoms with Gasteiger partial charge in [0.15, 0.2) is 0 Å². The molecule has 1 aromatic rings. The molecule has 3 rings (SSSR count). The maximum absolute atomic E-state index is 12.7. The summed E-state index contributed by atoms with van der Waals surface area (Å²) >= 11 is 0. The minimum absolute atomic E-state index is 0.0809. The number of nitrogen functional groups attached to an aromatic ring is 1. The van der Waals surface area contributed by atoms with E-state index in [0.717, 1.165) is 0 Å². The van der Waals surface area contributed by atoms with Crippen LogP contribution in [0.4, 0.5) is 5.69 Å². The number of hydrogen-bond acceptors (Lipinski definition) is 5. The van der Waals surface area contributed by atoms with Gasteiger partial charge in [-0.25, -0.2) is 0 Å². The smallest absolute Gasteiger partial charge is 0.264 e. The first kappa shape index (κ1) is 6.65. The van der Waals surface area contributed by atoms with Crippen LogP contribution in [0.15, 0.2) is 18.1 Å². The lowest BCUT2D eigenvalue weighted by Crippen LogP contribution is -2.54. The molecule has 1 aromatic carbocycles. The maximum Gasteiger partial charge on any atom is 0.264 e. The number of nitrogens with two attached hydrogens (primary N) is 1. The van der Waals surface area contributed by atoms with Crippen molar-refractivity contribution in [1.29, 1.82) is 0 Å². The number of rotatable bonds is 1. The molecule has 4 amide bonds. The van der Waals surface area contributed by atoms with E-state index in [-0.39, 0.29) is 4.90 Å². The van der Waals surface area contributed by atoms with Gasteiger partial charge in [0.05, 0.1) is 15.2 Å². The average molecular weight is 280 g/mol. The second-order valence-electron chi connectivity index (χ2n) is 4.01. The standard InChI is InChI=1S/C13H11N3O4/c14-7-3-1-2-6-10(7)13(20)16(12(6)19)8-4-5-9(17)15-11(8)18/h1-3,8H,4-5,14H2,(H,15,17,18)/t8-/m1/s1/i1D,2D,3D,4D2,5D2. The molecule has 2 aliphatic heterocycles. The summed E-state index contributed by atoms with van der Waals surface area (Å²) in [6, 6.07) is -4.60. The molecular weight excluding hydrogens is 262 g/mol. The molecule has 1 atom stereocenters. The highest BCUT2D eigenvalue weighted by molar-refractivity contribution is 6.25. The highest BCUT2D eigenvalue weighted by atomic mass is 16.2. The summed E-state index contributed by atoms with van der Waals surface area (Å²) in [5, 5.41) is 1.58. The zero-order chi connectivity index (χ0) is 20.6. The highest BCUT2D eigenvalue weighted by Gasteiger charge is 2.45. The van der Waals surface area contributed by atoms with E-state index >= 15 is 0 Å². The van der Waals surface area contributed by atoms with Gasteiger partial charge < -0.3 is 5.73 Å². The Balaban J connectivity index is 2.23. The fraction of sp³-hybridized carbons (Fsp3) is 0.231. The number of fused-ring (bicyclic) bond motifs is 1. The zero-order valence-corrected chi connectivity index (χ0v) is 9.73. The van der Waals surface area contributed by atoms with Gasteiger partial charge in [0.1, 0.15) is 6.04 Å². The van der Waals surface area contributed by atoms with Crippen molar-refractivity contribution in [2.75, 3.05) is 5.73 Å². The van der Waals surface area contributed by atoms with Gasteiger partial charge in [0.2, 0.25) is 11.8 Å². The quantitative estimate of drug-likeness (QED) is 0.540. The summed E-state index contributed by atoms with van der Waals surface area (Å²) in [5.74, 6) is -5.64. The van der Waals surface area contributed by atoms with Gasteiger partial charge >= 0.3 is 0 Å². The second-order valence-corrected chi connectivity index (χ2v) is 4.01. The molecule has 1 saturated heterocycles. The van der Waals surface area contributed by atoms with Gasteiger partial charge in [-0.15, -0.1) is 0 Å². The van der Waals surface area contributed by atoms with E-state index in [2.05, 4.69) is 0 Å². The van der Waals surface area contributed by atoms with E-state index < -0.39 is 77.4 Å². The Kier molecular flexibility index (Phi) is 1.38. The van der Waals surface area contributed by atoms with Crippen LogP contribution in [-0.2, 0) is 9.59 Å². The SMILES string of the molecule is [2H]c1c([2H])c(N)c2c(c1[2H])C(=O)N([C@H]1C(=O)NC(=O)C([2H])([2H])C1([2H])[2H])C2=O. The van der Waals surface area contributed by atoms with E-state index in [4.69, 9.17) is 15.3 Å². The van der Waals surface area contributed by atoms with Crippen molar-refractivity contribution in [3.05, 3.63) is 29.3 Å².